The van der Waals surface area contributed by atoms with Crippen LogP contribution in [0.25, 0.3) is 0 Å². The van der Waals surface area contributed by atoms with E-state index in [0.29, 0.717) is 60.3 Å². The molecule has 3 radical (unpaired) electrons. The molecule has 2 aliphatic rings. The van der Waals surface area contributed by atoms with Gasteiger partial charge in [-0.2, -0.15) is 5.26 Å². The predicted molar refractivity (Wildman–Crippen MR) is 219 cm³/mol. The van der Waals surface area contributed by atoms with Crippen LogP contribution in [0.5, 0.6) is 5.75 Å². The number of amides is 3. The molecule has 2 aliphatic heterocycles. The maximum Gasteiger partial charge on any atom is 1.00 e. The Morgan fingerprint density at radius 2 is 1.40 bits per heavy atom. The maximum atomic E-state index is 11.7. The van der Waals surface area contributed by atoms with Gasteiger partial charge >= 0.3 is 42.9 Å². The molecular formula is C40H44AlLiN9O7. The zero-order valence-electron chi connectivity index (χ0n) is 33.5. The Labute approximate surface area is 360 Å². The van der Waals surface area contributed by atoms with Crippen LogP contribution in [-0.4, -0.2) is 83.6 Å². The van der Waals surface area contributed by atoms with Crippen molar-refractivity contribution in [2.24, 2.45) is 15.7 Å². The Hall–Kier alpha value is -6.25. The first-order valence-corrected chi connectivity index (χ1v) is 17.4. The SMILES string of the molecule is CCOC(=O)c1ccc(NC(=O)NCc2cnc[nH]2)cc1.CCOC(=O)c1ccc(NC(=O)Oc2ccccc2)cc1.N#CC1=CCC=N1.NCC1=CCC=N1.[Al].[H-].[Li+]. The molecule has 0 saturated carbocycles. The van der Waals surface area contributed by atoms with Crippen molar-refractivity contribution in [2.75, 3.05) is 30.4 Å². The second kappa shape index (κ2) is 29.1. The van der Waals surface area contributed by atoms with Gasteiger partial charge in [0.15, 0.2) is 0 Å². The molecule has 58 heavy (non-hydrogen) atoms. The minimum absolute atomic E-state index is 0. The zero-order chi connectivity index (χ0) is 40.4. The van der Waals surface area contributed by atoms with E-state index in [-0.39, 0.29) is 49.6 Å². The first-order valence-electron chi connectivity index (χ1n) is 17.4. The van der Waals surface area contributed by atoms with Gasteiger partial charge in [-0.3, -0.25) is 10.3 Å². The summed E-state index contributed by atoms with van der Waals surface area (Å²) in [6.07, 6.45) is 11.8. The molecule has 1 aromatic heterocycles. The van der Waals surface area contributed by atoms with E-state index in [2.05, 4.69) is 35.9 Å². The summed E-state index contributed by atoms with van der Waals surface area (Å²) in [6.45, 7) is 5.07. The smallest absolute Gasteiger partial charge is 1.00 e. The van der Waals surface area contributed by atoms with Gasteiger partial charge < -0.3 is 37.0 Å². The molecule has 0 atom stereocenters. The number of carbonyl (C=O) groups excluding carboxylic acids is 4. The normalized spacial score (nSPS) is 11.2. The summed E-state index contributed by atoms with van der Waals surface area (Å²) in [7, 11) is 0. The number of imidazole rings is 1. The monoisotopic (exact) mass is 796 g/mol. The van der Waals surface area contributed by atoms with Gasteiger partial charge in [0.1, 0.15) is 17.5 Å². The summed E-state index contributed by atoms with van der Waals surface area (Å²) in [5.41, 5.74) is 9.61. The molecule has 0 aliphatic carbocycles. The van der Waals surface area contributed by atoms with Crippen LogP contribution >= 0.6 is 0 Å². The topological polar surface area (TPSA) is 235 Å². The van der Waals surface area contributed by atoms with E-state index in [1.165, 1.54) is 0 Å². The number of hydrogen-bond acceptors (Lipinski definition) is 12. The Morgan fingerprint density at radius 3 is 1.83 bits per heavy atom. The van der Waals surface area contributed by atoms with Gasteiger partial charge in [0.05, 0.1) is 42.9 Å². The van der Waals surface area contributed by atoms with Crippen LogP contribution in [0.3, 0.4) is 0 Å². The fourth-order valence-electron chi connectivity index (χ4n) is 4.27. The van der Waals surface area contributed by atoms with Crippen LogP contribution in [-0.2, 0) is 16.0 Å². The number of nitriles is 1. The van der Waals surface area contributed by atoms with Gasteiger partial charge in [-0.25, -0.2) is 29.2 Å². The van der Waals surface area contributed by atoms with Gasteiger partial charge in [0.2, 0.25) is 0 Å². The minimum atomic E-state index is -0.593. The molecule has 0 spiro atoms. The fourth-order valence-corrected chi connectivity index (χ4v) is 4.27. The Balaban J connectivity index is 0.000000828. The van der Waals surface area contributed by atoms with Crippen molar-refractivity contribution in [1.29, 1.82) is 5.26 Å². The molecule has 0 saturated heterocycles. The van der Waals surface area contributed by atoms with E-state index >= 15 is 0 Å². The van der Waals surface area contributed by atoms with E-state index in [9.17, 15) is 19.2 Å². The number of para-hydroxylation sites is 1. The van der Waals surface area contributed by atoms with Crippen LogP contribution in [0.2, 0.25) is 0 Å². The third-order valence-corrected chi connectivity index (χ3v) is 6.93. The predicted octanol–water partition coefficient (Wildman–Crippen LogP) is 3.29. The standard InChI is InChI=1S/C16H15NO4.C14H16N4O3.C5H8N2.C5H4N2.Al.Li.H/c1-2-20-15(18)12-8-10-13(11-9-12)17-16(19)21-14-6-4-3-5-7-14;1-2-21-13(19)10-3-5-11(6-4-10)18-14(20)16-8-12-7-15-9-17-12;2*6-4-5-2-1-3-7-5;;;/h3-11H,2H2,1H3,(H,17,19);3-7,9H,2,8H2,1H3,(H,15,17)(H2,16,18,20);2-3H,1,4,6H2;2-3H,1H2;;;/q;;;;;+1;-1. The molecule has 18 heteroatoms. The van der Waals surface area contributed by atoms with Crippen molar-refractivity contribution in [1.82, 2.24) is 15.3 Å². The number of urea groups is 1. The van der Waals surface area contributed by atoms with Crippen molar-refractivity contribution in [3.05, 3.63) is 132 Å². The van der Waals surface area contributed by atoms with Crippen LogP contribution in [0.1, 0.15) is 54.5 Å². The van der Waals surface area contributed by atoms with Gasteiger partial charge in [0.25, 0.3) is 0 Å². The number of hydrogen-bond donors (Lipinski definition) is 5. The number of esters is 2. The molecule has 3 heterocycles. The van der Waals surface area contributed by atoms with Crippen molar-refractivity contribution in [3.8, 4) is 11.8 Å². The number of aromatic amines is 1. The summed E-state index contributed by atoms with van der Waals surface area (Å²) in [5, 5.41) is 16.1. The van der Waals surface area contributed by atoms with E-state index < -0.39 is 12.1 Å². The minimum Gasteiger partial charge on any atom is -1.00 e. The number of nitrogens with zero attached hydrogens (tertiary/aromatic N) is 4. The molecule has 0 bridgehead atoms. The number of ether oxygens (including phenoxy) is 3. The number of nitrogens with two attached hydrogens (primary N) is 1. The molecule has 295 valence electrons. The van der Waals surface area contributed by atoms with Gasteiger partial charge in [-0.05, 0) is 80.6 Å². The van der Waals surface area contributed by atoms with E-state index in [4.69, 9.17) is 25.2 Å². The maximum absolute atomic E-state index is 11.7. The Bertz CT molecular complexity index is 2030. The van der Waals surface area contributed by atoms with Crippen LogP contribution in [0, 0.1) is 11.3 Å². The number of aromatic nitrogens is 2. The number of H-pyrrole nitrogens is 1. The summed E-state index contributed by atoms with van der Waals surface area (Å²) in [4.78, 5) is 60.8. The average Bonchev–Trinajstić information content (AvgIpc) is 4.04. The van der Waals surface area contributed by atoms with E-state index in [1.54, 1.807) is 111 Å². The number of nitrogens with one attached hydrogen (secondary N) is 4. The largest absolute Gasteiger partial charge is 1.00 e. The summed E-state index contributed by atoms with van der Waals surface area (Å²) < 4.78 is 14.9. The third-order valence-electron chi connectivity index (χ3n) is 6.93. The number of benzene rings is 3. The zero-order valence-corrected chi connectivity index (χ0v) is 33.7. The number of aliphatic imine (C=N–C) groups is 2. The summed E-state index contributed by atoms with van der Waals surface area (Å²) in [6, 6.07) is 23.2. The second-order valence-corrected chi connectivity index (χ2v) is 11.0. The number of anilines is 2. The molecular weight excluding hydrogens is 752 g/mol. The van der Waals surface area contributed by atoms with Gasteiger partial charge in [0, 0.05) is 72.4 Å². The Kier molecular flexibility index (Phi) is 24.9. The molecule has 3 aromatic carbocycles. The fraction of sp³-hybridized carbons (Fsp3) is 0.200. The first kappa shape index (κ1) is 49.8. The molecule has 0 unspecified atom stereocenters. The number of allylic oxidation sites excluding steroid dienone is 3. The quantitative estimate of drug-likeness (QED) is 0.116. The van der Waals surface area contributed by atoms with Gasteiger partial charge in [-0.1, -0.05) is 24.3 Å². The van der Waals surface area contributed by atoms with Crippen LogP contribution in [0.4, 0.5) is 21.0 Å². The number of rotatable bonds is 10. The molecule has 16 nitrogen and oxygen atoms in total. The second-order valence-electron chi connectivity index (χ2n) is 11.0. The molecule has 3 amide bonds. The number of carbonyl (C=O) groups is 4. The van der Waals surface area contributed by atoms with Crippen LogP contribution < -0.4 is 45.3 Å². The summed E-state index contributed by atoms with van der Waals surface area (Å²) in [5.74, 6) is -0.318. The molecule has 6 rings (SSSR count). The van der Waals surface area contributed by atoms with E-state index in [1.807, 2.05) is 24.4 Å². The first-order chi connectivity index (χ1) is 27.2. The van der Waals surface area contributed by atoms with Crippen molar-refractivity contribution < 1.29 is 53.7 Å². The van der Waals surface area contributed by atoms with E-state index in [0.717, 1.165) is 24.2 Å². The van der Waals surface area contributed by atoms with Crippen LogP contribution in [0.15, 0.2) is 125 Å². The molecule has 6 N–H and O–H groups in total. The van der Waals surface area contributed by atoms with Crippen molar-refractivity contribution in [3.63, 3.8) is 0 Å². The Morgan fingerprint density at radius 1 is 0.828 bits per heavy atom. The van der Waals surface area contributed by atoms with Crippen molar-refractivity contribution >= 4 is 65.2 Å². The van der Waals surface area contributed by atoms with Gasteiger partial charge in [-0.15, -0.1) is 0 Å². The molecule has 0 fully saturated rings. The summed E-state index contributed by atoms with van der Waals surface area (Å²) >= 11 is 0. The third kappa shape index (κ3) is 19.6. The van der Waals surface area contributed by atoms with Crippen molar-refractivity contribution in [2.45, 2.75) is 33.2 Å². The molecule has 4 aromatic rings. The average molecular weight is 797 g/mol.